The fraction of sp³-hybridized carbons (Fsp3) is 0.263. The molecule has 26 heavy (non-hydrogen) atoms. The van der Waals surface area contributed by atoms with Gasteiger partial charge in [-0.2, -0.15) is 0 Å². The monoisotopic (exact) mass is 373 g/mol. The summed E-state index contributed by atoms with van der Waals surface area (Å²) in [5, 5.41) is 0. The Hall–Kier alpha value is -2.35. The molecule has 1 N–H and O–H groups in total. The number of rotatable bonds is 7. The van der Waals surface area contributed by atoms with Gasteiger partial charge in [-0.3, -0.25) is 9.59 Å². The third kappa shape index (κ3) is 3.46. The minimum Gasteiger partial charge on any atom is -0.382 e. The summed E-state index contributed by atoms with van der Waals surface area (Å²) in [6, 6.07) is 10.6. The second-order valence-electron chi connectivity index (χ2n) is 5.86. The van der Waals surface area contributed by atoms with Crippen LogP contribution in [0.15, 0.2) is 47.4 Å². The van der Waals surface area contributed by atoms with Gasteiger partial charge in [-0.25, -0.2) is 13.1 Å². The highest BCUT2D eigenvalue weighted by Crippen LogP contribution is 2.28. The van der Waals surface area contributed by atoms with E-state index in [0.29, 0.717) is 30.8 Å². The van der Waals surface area contributed by atoms with Gasteiger partial charge in [0.25, 0.3) is 0 Å². The maximum atomic E-state index is 12.7. The number of carbonyl (C=O) groups is 2. The molecule has 2 aromatic rings. The predicted octanol–water partition coefficient (Wildman–Crippen LogP) is 2.17. The summed E-state index contributed by atoms with van der Waals surface area (Å²) in [6.07, 6.45) is 0.544. The maximum absolute atomic E-state index is 12.7. The molecule has 0 spiro atoms. The molecule has 0 heterocycles. The molecular weight excluding hydrogens is 354 g/mol. The summed E-state index contributed by atoms with van der Waals surface area (Å²) in [5.74, 6) is -0.618. The molecule has 0 aliphatic heterocycles. The van der Waals surface area contributed by atoms with Crippen LogP contribution >= 0.6 is 0 Å². The van der Waals surface area contributed by atoms with Crippen molar-refractivity contribution < 1.29 is 22.7 Å². The molecule has 0 amide bonds. The van der Waals surface area contributed by atoms with Crippen LogP contribution < -0.4 is 4.72 Å². The van der Waals surface area contributed by atoms with Gasteiger partial charge in [0.05, 0.1) is 4.90 Å². The normalized spacial score (nSPS) is 13.4. The Morgan fingerprint density at radius 1 is 0.923 bits per heavy atom. The lowest BCUT2D eigenvalue weighted by molar-refractivity contribution is 0.0979. The van der Waals surface area contributed by atoms with Crippen molar-refractivity contribution in [3.8, 4) is 0 Å². The molecule has 1 aliphatic rings. The van der Waals surface area contributed by atoms with Crippen molar-refractivity contribution in [3.63, 3.8) is 0 Å². The van der Waals surface area contributed by atoms with E-state index in [-0.39, 0.29) is 34.1 Å². The summed E-state index contributed by atoms with van der Waals surface area (Å²) in [5.41, 5.74) is 0.980. The van der Waals surface area contributed by atoms with Crippen LogP contribution in [0.25, 0.3) is 0 Å². The second-order valence-corrected chi connectivity index (χ2v) is 7.63. The molecule has 136 valence electrons. The average molecular weight is 373 g/mol. The standard InChI is InChI=1S/C19H19NO5S/c1-2-25-11-5-10-20-26(23,24)13-8-9-16-17(12-13)19(22)15-7-4-3-6-14(15)18(16)21/h3-4,6-9,12,20H,2,5,10-11H2,1H3. The van der Waals surface area contributed by atoms with Crippen LogP contribution in [-0.2, 0) is 14.8 Å². The molecule has 0 saturated carbocycles. The topological polar surface area (TPSA) is 89.5 Å². The van der Waals surface area contributed by atoms with Crippen molar-refractivity contribution in [1.29, 1.82) is 0 Å². The Morgan fingerprint density at radius 3 is 2.19 bits per heavy atom. The van der Waals surface area contributed by atoms with Crippen LogP contribution in [0.5, 0.6) is 0 Å². The lowest BCUT2D eigenvalue weighted by Crippen LogP contribution is -2.27. The minimum absolute atomic E-state index is 0.0341. The summed E-state index contributed by atoms with van der Waals surface area (Å²) >= 11 is 0. The zero-order valence-electron chi connectivity index (χ0n) is 14.3. The summed E-state index contributed by atoms with van der Waals surface area (Å²) in [6.45, 7) is 3.14. The van der Waals surface area contributed by atoms with E-state index in [1.54, 1.807) is 24.3 Å². The van der Waals surface area contributed by atoms with Crippen molar-refractivity contribution in [1.82, 2.24) is 4.72 Å². The van der Waals surface area contributed by atoms with Crippen LogP contribution in [0.1, 0.15) is 45.2 Å². The van der Waals surface area contributed by atoms with E-state index in [9.17, 15) is 18.0 Å². The van der Waals surface area contributed by atoms with Crippen molar-refractivity contribution in [2.24, 2.45) is 0 Å². The molecule has 1 aliphatic carbocycles. The SMILES string of the molecule is CCOCCCNS(=O)(=O)c1ccc2c(c1)C(=O)c1ccccc1C2=O. The first-order valence-electron chi connectivity index (χ1n) is 8.35. The highest BCUT2D eigenvalue weighted by Gasteiger charge is 2.30. The van der Waals surface area contributed by atoms with E-state index in [1.165, 1.54) is 18.2 Å². The van der Waals surface area contributed by atoms with Crippen LogP contribution in [0.4, 0.5) is 0 Å². The van der Waals surface area contributed by atoms with Crippen LogP contribution in [0.2, 0.25) is 0 Å². The average Bonchev–Trinajstić information content (AvgIpc) is 2.65. The van der Waals surface area contributed by atoms with Gasteiger partial charge < -0.3 is 4.74 Å². The highest BCUT2D eigenvalue weighted by molar-refractivity contribution is 7.89. The molecule has 7 heteroatoms. The first-order chi connectivity index (χ1) is 12.5. The molecule has 0 radical (unpaired) electrons. The van der Waals surface area contributed by atoms with E-state index in [0.717, 1.165) is 0 Å². The lowest BCUT2D eigenvalue weighted by atomic mass is 9.84. The van der Waals surface area contributed by atoms with E-state index in [4.69, 9.17) is 4.74 Å². The number of carbonyl (C=O) groups excluding carboxylic acids is 2. The largest absolute Gasteiger partial charge is 0.382 e. The number of benzene rings is 2. The molecule has 0 aromatic heterocycles. The molecule has 0 atom stereocenters. The van der Waals surface area contributed by atoms with Gasteiger partial charge in [-0.15, -0.1) is 0 Å². The van der Waals surface area contributed by atoms with Crippen LogP contribution in [0.3, 0.4) is 0 Å². The zero-order chi connectivity index (χ0) is 18.7. The van der Waals surface area contributed by atoms with Gasteiger partial charge in [-0.1, -0.05) is 24.3 Å². The number of nitrogens with one attached hydrogen (secondary N) is 1. The van der Waals surface area contributed by atoms with Crippen LogP contribution in [0, 0.1) is 0 Å². The summed E-state index contributed by atoms with van der Waals surface area (Å²) in [7, 11) is -3.77. The number of ether oxygens (including phenoxy) is 1. The maximum Gasteiger partial charge on any atom is 0.240 e. The molecule has 0 unspecified atom stereocenters. The lowest BCUT2D eigenvalue weighted by Gasteiger charge is -2.18. The molecule has 6 nitrogen and oxygen atoms in total. The van der Waals surface area contributed by atoms with Gasteiger partial charge in [0.15, 0.2) is 11.6 Å². The van der Waals surface area contributed by atoms with E-state index >= 15 is 0 Å². The van der Waals surface area contributed by atoms with E-state index < -0.39 is 10.0 Å². The number of ketones is 2. The first-order valence-corrected chi connectivity index (χ1v) is 9.84. The number of sulfonamides is 1. The molecule has 2 aromatic carbocycles. The van der Waals surface area contributed by atoms with Gasteiger partial charge >= 0.3 is 0 Å². The van der Waals surface area contributed by atoms with Crippen molar-refractivity contribution >= 4 is 21.6 Å². The van der Waals surface area contributed by atoms with Gasteiger partial charge in [0.2, 0.25) is 10.0 Å². The van der Waals surface area contributed by atoms with Gasteiger partial charge in [-0.05, 0) is 31.5 Å². The molecule has 0 fully saturated rings. The summed E-state index contributed by atoms with van der Waals surface area (Å²) in [4.78, 5) is 25.2. The Balaban J connectivity index is 1.87. The Kier molecular flexibility index (Phi) is 5.31. The minimum atomic E-state index is -3.77. The third-order valence-electron chi connectivity index (χ3n) is 4.17. The molecule has 0 bridgehead atoms. The van der Waals surface area contributed by atoms with Crippen molar-refractivity contribution in [3.05, 3.63) is 64.7 Å². The predicted molar refractivity (Wildman–Crippen MR) is 96.0 cm³/mol. The fourth-order valence-electron chi connectivity index (χ4n) is 2.85. The highest BCUT2D eigenvalue weighted by atomic mass is 32.2. The van der Waals surface area contributed by atoms with Gasteiger partial charge in [0, 0.05) is 42.0 Å². The number of fused-ring (bicyclic) bond motifs is 2. The van der Waals surface area contributed by atoms with Crippen LogP contribution in [-0.4, -0.2) is 39.7 Å². The number of hydrogen-bond acceptors (Lipinski definition) is 5. The zero-order valence-corrected chi connectivity index (χ0v) is 15.1. The number of hydrogen-bond donors (Lipinski definition) is 1. The molecular formula is C19H19NO5S. The second kappa shape index (κ2) is 7.49. The third-order valence-corrected chi connectivity index (χ3v) is 5.63. The smallest absolute Gasteiger partial charge is 0.240 e. The fourth-order valence-corrected chi connectivity index (χ4v) is 3.95. The Morgan fingerprint density at radius 2 is 1.54 bits per heavy atom. The molecule has 0 saturated heterocycles. The van der Waals surface area contributed by atoms with E-state index in [1.807, 2.05) is 6.92 Å². The quantitative estimate of drug-likeness (QED) is 0.641. The first kappa shape index (κ1) is 18.4. The Bertz CT molecular complexity index is 966. The van der Waals surface area contributed by atoms with Crippen molar-refractivity contribution in [2.75, 3.05) is 19.8 Å². The van der Waals surface area contributed by atoms with Crippen molar-refractivity contribution in [2.45, 2.75) is 18.2 Å². The summed E-state index contributed by atoms with van der Waals surface area (Å²) < 4.78 is 32.5. The Labute approximate surface area is 152 Å². The molecule has 3 rings (SSSR count). The van der Waals surface area contributed by atoms with Gasteiger partial charge in [0.1, 0.15) is 0 Å². The van der Waals surface area contributed by atoms with E-state index in [2.05, 4.69) is 4.72 Å².